The summed E-state index contributed by atoms with van der Waals surface area (Å²) in [6, 6.07) is 7.87. The predicted molar refractivity (Wildman–Crippen MR) is 91.9 cm³/mol. The van der Waals surface area contributed by atoms with Crippen LogP contribution < -0.4 is 10.6 Å². The maximum Gasteiger partial charge on any atom is 0.320 e. The highest BCUT2D eigenvalue weighted by Crippen LogP contribution is 2.37. The smallest absolute Gasteiger partial charge is 0.320 e. The Hall–Kier alpha value is -2.48. The minimum absolute atomic E-state index is 0.335. The van der Waals surface area contributed by atoms with Gasteiger partial charge < -0.3 is 15.7 Å². The van der Waals surface area contributed by atoms with E-state index in [2.05, 4.69) is 31.3 Å². The van der Waals surface area contributed by atoms with Crippen LogP contribution in [0, 0.1) is 11.8 Å². The first-order valence-corrected chi connectivity index (χ1v) is 8.76. The summed E-state index contributed by atoms with van der Waals surface area (Å²) in [5.74, 6) is 0.868. The average molecular weight is 342 g/mol. The molecule has 2 fully saturated rings. The highest BCUT2D eigenvalue weighted by Gasteiger charge is 2.37. The van der Waals surface area contributed by atoms with Crippen molar-refractivity contribution in [1.29, 1.82) is 0 Å². The van der Waals surface area contributed by atoms with Gasteiger partial charge in [-0.15, -0.1) is 10.2 Å². The largest absolute Gasteiger partial charge is 0.480 e. The zero-order valence-corrected chi connectivity index (χ0v) is 13.9. The third-order valence-electron chi connectivity index (χ3n) is 5.48. The molecule has 0 radical (unpaired) electrons. The molecule has 2 aromatic rings. The van der Waals surface area contributed by atoms with Crippen LogP contribution in [-0.4, -0.2) is 50.3 Å². The van der Waals surface area contributed by atoms with Gasteiger partial charge in [-0.25, -0.2) is 0 Å². The number of aliphatic carboxylic acids is 1. The predicted octanol–water partition coefficient (Wildman–Crippen LogP) is 1.51. The SMILES string of the molecule is O=C(O)[C@@H]1CC2C[C@H](Nc3ccccc3-c3nn[nH]n3)CCC2CN1. The summed E-state index contributed by atoms with van der Waals surface area (Å²) in [7, 11) is 0. The second kappa shape index (κ2) is 6.79. The van der Waals surface area contributed by atoms with Crippen molar-refractivity contribution in [3.63, 3.8) is 0 Å². The van der Waals surface area contributed by atoms with Crippen LogP contribution in [0.5, 0.6) is 0 Å². The molecule has 2 unspecified atom stereocenters. The lowest BCUT2D eigenvalue weighted by molar-refractivity contribution is -0.141. The summed E-state index contributed by atoms with van der Waals surface area (Å²) >= 11 is 0. The van der Waals surface area contributed by atoms with Crippen LogP contribution in [-0.2, 0) is 4.79 Å². The number of piperidine rings is 1. The highest BCUT2D eigenvalue weighted by atomic mass is 16.4. The summed E-state index contributed by atoms with van der Waals surface area (Å²) in [5.41, 5.74) is 1.92. The van der Waals surface area contributed by atoms with Gasteiger partial charge in [0.05, 0.1) is 0 Å². The molecular formula is C17H22N6O2. The van der Waals surface area contributed by atoms with Gasteiger partial charge in [-0.1, -0.05) is 12.1 Å². The Morgan fingerprint density at radius 1 is 1.20 bits per heavy atom. The Labute approximate surface area is 145 Å². The second-order valence-electron chi connectivity index (χ2n) is 6.99. The van der Waals surface area contributed by atoms with Crippen LogP contribution in [0.3, 0.4) is 0 Å². The van der Waals surface area contributed by atoms with Gasteiger partial charge >= 0.3 is 5.97 Å². The van der Waals surface area contributed by atoms with Crippen molar-refractivity contribution in [3.05, 3.63) is 24.3 Å². The number of carbonyl (C=O) groups is 1. The minimum Gasteiger partial charge on any atom is -0.480 e. The van der Waals surface area contributed by atoms with Gasteiger partial charge in [-0.05, 0) is 61.4 Å². The van der Waals surface area contributed by atoms with E-state index in [1.54, 1.807) is 0 Å². The van der Waals surface area contributed by atoms with Gasteiger partial charge in [0.15, 0.2) is 0 Å². The molecule has 4 rings (SSSR count). The summed E-state index contributed by atoms with van der Waals surface area (Å²) in [5, 5.41) is 30.3. The lowest BCUT2D eigenvalue weighted by Crippen LogP contribution is -2.50. The van der Waals surface area contributed by atoms with E-state index in [0.717, 1.165) is 37.1 Å². The molecule has 1 saturated heterocycles. The molecular weight excluding hydrogens is 320 g/mol. The van der Waals surface area contributed by atoms with Crippen LogP contribution in [0.1, 0.15) is 25.7 Å². The Kier molecular flexibility index (Phi) is 4.35. The van der Waals surface area contributed by atoms with Crippen LogP contribution >= 0.6 is 0 Å². The normalized spacial score (nSPS) is 29.0. The lowest BCUT2D eigenvalue weighted by Gasteiger charge is -2.42. The van der Waals surface area contributed by atoms with Gasteiger partial charge in [-0.2, -0.15) is 5.21 Å². The number of anilines is 1. The van der Waals surface area contributed by atoms with Crippen molar-refractivity contribution in [3.8, 4) is 11.4 Å². The fourth-order valence-electron chi connectivity index (χ4n) is 4.18. The topological polar surface area (TPSA) is 116 Å². The second-order valence-corrected chi connectivity index (χ2v) is 6.99. The average Bonchev–Trinajstić information content (AvgIpc) is 3.16. The number of aromatic amines is 1. The van der Waals surface area contributed by atoms with Crippen LogP contribution in [0.2, 0.25) is 0 Å². The fraction of sp³-hybridized carbons (Fsp3) is 0.529. The van der Waals surface area contributed by atoms with Crippen molar-refractivity contribution in [2.24, 2.45) is 11.8 Å². The Morgan fingerprint density at radius 3 is 2.88 bits per heavy atom. The first kappa shape index (κ1) is 16.0. The van der Waals surface area contributed by atoms with E-state index in [4.69, 9.17) is 0 Å². The van der Waals surface area contributed by atoms with E-state index in [9.17, 15) is 9.90 Å². The maximum atomic E-state index is 11.3. The number of benzene rings is 1. The maximum absolute atomic E-state index is 11.3. The third kappa shape index (κ3) is 3.34. The van der Waals surface area contributed by atoms with E-state index in [1.165, 1.54) is 0 Å². The standard InChI is InChI=1S/C17H22N6O2/c24-17(25)15-8-11-7-12(6-5-10(11)9-18-15)19-14-4-2-1-3-13(14)16-20-22-23-21-16/h1-4,10-12,15,18-19H,5-9H2,(H,24,25)(H,20,21,22,23)/t10?,11?,12-,15+/m1/s1. The lowest BCUT2D eigenvalue weighted by atomic mass is 9.72. The Morgan fingerprint density at radius 2 is 2.08 bits per heavy atom. The molecule has 132 valence electrons. The van der Waals surface area contributed by atoms with E-state index in [1.807, 2.05) is 24.3 Å². The Balaban J connectivity index is 1.47. The molecule has 2 aliphatic rings. The number of aromatic nitrogens is 4. The van der Waals surface area contributed by atoms with Crippen molar-refractivity contribution in [2.45, 2.75) is 37.8 Å². The molecule has 4 atom stereocenters. The molecule has 25 heavy (non-hydrogen) atoms. The first-order valence-electron chi connectivity index (χ1n) is 8.76. The van der Waals surface area contributed by atoms with Crippen molar-refractivity contribution in [1.82, 2.24) is 25.9 Å². The molecule has 0 amide bonds. The van der Waals surface area contributed by atoms with E-state index < -0.39 is 12.0 Å². The molecule has 8 heteroatoms. The molecule has 1 aliphatic carbocycles. The fourth-order valence-corrected chi connectivity index (χ4v) is 4.18. The molecule has 1 saturated carbocycles. The van der Waals surface area contributed by atoms with Gasteiger partial charge in [0.2, 0.25) is 5.82 Å². The number of nitrogens with zero attached hydrogens (tertiary/aromatic N) is 3. The minimum atomic E-state index is -0.740. The monoisotopic (exact) mass is 342 g/mol. The molecule has 0 spiro atoms. The summed E-state index contributed by atoms with van der Waals surface area (Å²) < 4.78 is 0. The molecule has 2 heterocycles. The number of H-pyrrole nitrogens is 1. The molecule has 1 aromatic heterocycles. The number of hydrogen-bond donors (Lipinski definition) is 4. The quantitative estimate of drug-likeness (QED) is 0.665. The van der Waals surface area contributed by atoms with Crippen molar-refractivity contribution >= 4 is 11.7 Å². The molecule has 1 aliphatic heterocycles. The third-order valence-corrected chi connectivity index (χ3v) is 5.48. The van der Waals surface area contributed by atoms with Gasteiger partial charge in [0.1, 0.15) is 6.04 Å². The molecule has 1 aromatic carbocycles. The summed E-state index contributed by atoms with van der Waals surface area (Å²) in [4.78, 5) is 11.3. The Bertz CT molecular complexity index is 734. The van der Waals surface area contributed by atoms with Crippen LogP contribution in [0.25, 0.3) is 11.4 Å². The molecule has 8 nitrogen and oxygen atoms in total. The number of para-hydroxylation sites is 1. The van der Waals surface area contributed by atoms with E-state index in [-0.39, 0.29) is 0 Å². The van der Waals surface area contributed by atoms with Crippen LogP contribution in [0.4, 0.5) is 5.69 Å². The number of nitrogens with one attached hydrogen (secondary N) is 3. The number of fused-ring (bicyclic) bond motifs is 1. The number of rotatable bonds is 4. The number of carboxylic acid groups (broad SMARTS) is 1. The van der Waals surface area contributed by atoms with Crippen molar-refractivity contribution in [2.75, 3.05) is 11.9 Å². The van der Waals surface area contributed by atoms with Crippen molar-refractivity contribution < 1.29 is 9.90 Å². The van der Waals surface area contributed by atoms with Gasteiger partial charge in [0, 0.05) is 17.3 Å². The van der Waals surface area contributed by atoms with E-state index in [0.29, 0.717) is 30.1 Å². The number of carboxylic acids is 1. The van der Waals surface area contributed by atoms with Gasteiger partial charge in [0.25, 0.3) is 0 Å². The summed E-state index contributed by atoms with van der Waals surface area (Å²) in [6.07, 6.45) is 3.91. The molecule has 4 N–H and O–H groups in total. The first-order chi connectivity index (χ1) is 12.2. The van der Waals surface area contributed by atoms with E-state index >= 15 is 0 Å². The zero-order valence-electron chi connectivity index (χ0n) is 13.9. The summed E-state index contributed by atoms with van der Waals surface area (Å²) in [6.45, 7) is 0.813. The molecule has 0 bridgehead atoms. The highest BCUT2D eigenvalue weighted by molar-refractivity contribution is 5.74. The van der Waals surface area contributed by atoms with Gasteiger partial charge in [-0.3, -0.25) is 4.79 Å². The number of tetrazole rings is 1. The zero-order chi connectivity index (χ0) is 17.2. The number of hydrogen-bond acceptors (Lipinski definition) is 6. The van der Waals surface area contributed by atoms with Crippen LogP contribution in [0.15, 0.2) is 24.3 Å².